The molecule has 0 fully saturated rings. The molecule has 0 aliphatic heterocycles. The zero-order valence-electron chi connectivity index (χ0n) is 8.48. The molecule has 1 aromatic carbocycles. The Balaban J connectivity index is 2.19. The first-order valence-electron chi connectivity index (χ1n) is 4.94. The van der Waals surface area contributed by atoms with Crippen molar-refractivity contribution >= 4 is 8.03 Å². The van der Waals surface area contributed by atoms with E-state index in [1.54, 1.807) is 0 Å². The monoisotopic (exact) mass is 211 g/mol. The third-order valence-electron chi connectivity index (χ3n) is 1.92. The van der Waals surface area contributed by atoms with Crippen molar-refractivity contribution in [2.45, 2.75) is 19.8 Å². The molecule has 0 aliphatic rings. The Morgan fingerprint density at radius 2 is 2.00 bits per heavy atom. The highest BCUT2D eigenvalue weighted by Crippen LogP contribution is 2.23. The molecule has 14 heavy (non-hydrogen) atoms. The second-order valence-corrected chi connectivity index (χ2v) is 4.43. The third-order valence-corrected chi connectivity index (χ3v) is 3.15. The van der Waals surface area contributed by atoms with Crippen LogP contribution in [0.25, 0.3) is 0 Å². The van der Waals surface area contributed by atoms with Crippen molar-refractivity contribution in [3.63, 3.8) is 0 Å². The van der Waals surface area contributed by atoms with Gasteiger partial charge in [-0.2, -0.15) is 0 Å². The third kappa shape index (κ3) is 4.50. The minimum absolute atomic E-state index is 0.542. The molecule has 0 saturated heterocycles. The quantitative estimate of drug-likeness (QED) is 0.674. The Kier molecular flexibility index (Phi) is 5.43. The molecule has 1 aromatic rings. The SMILES string of the molecule is CCO[P+](=O)CCCc1ccccc1. The molecule has 2 nitrogen and oxygen atoms in total. The van der Waals surface area contributed by atoms with Crippen molar-refractivity contribution in [3.05, 3.63) is 35.9 Å². The Morgan fingerprint density at radius 1 is 1.29 bits per heavy atom. The molecule has 0 amide bonds. The summed E-state index contributed by atoms with van der Waals surface area (Å²) in [4.78, 5) is 0. The first kappa shape index (κ1) is 11.4. The van der Waals surface area contributed by atoms with Crippen molar-refractivity contribution in [1.29, 1.82) is 0 Å². The van der Waals surface area contributed by atoms with Crippen LogP contribution in [0.4, 0.5) is 0 Å². The molecule has 0 saturated carbocycles. The molecule has 0 bridgehead atoms. The fourth-order valence-corrected chi connectivity index (χ4v) is 2.10. The molecule has 0 aliphatic carbocycles. The zero-order valence-corrected chi connectivity index (χ0v) is 9.37. The van der Waals surface area contributed by atoms with Crippen LogP contribution >= 0.6 is 8.03 Å². The van der Waals surface area contributed by atoms with Crippen LogP contribution in [0.5, 0.6) is 0 Å². The molecule has 76 valence electrons. The van der Waals surface area contributed by atoms with E-state index in [1.807, 2.05) is 25.1 Å². The number of rotatable bonds is 6. The topological polar surface area (TPSA) is 26.3 Å². The van der Waals surface area contributed by atoms with Crippen molar-refractivity contribution in [2.24, 2.45) is 0 Å². The number of hydrogen-bond acceptors (Lipinski definition) is 2. The summed E-state index contributed by atoms with van der Waals surface area (Å²) in [6.45, 7) is 2.41. The lowest BCUT2D eigenvalue weighted by atomic mass is 10.1. The first-order chi connectivity index (χ1) is 6.83. The molecule has 1 rings (SSSR count). The summed E-state index contributed by atoms with van der Waals surface area (Å²) in [6, 6.07) is 10.2. The summed E-state index contributed by atoms with van der Waals surface area (Å²) in [5.41, 5.74) is 1.30. The van der Waals surface area contributed by atoms with Crippen LogP contribution in [0.15, 0.2) is 30.3 Å². The van der Waals surface area contributed by atoms with Crippen molar-refractivity contribution in [3.8, 4) is 0 Å². The van der Waals surface area contributed by atoms with E-state index in [-0.39, 0.29) is 0 Å². The number of aryl methyl sites for hydroxylation is 1. The maximum absolute atomic E-state index is 11.2. The average molecular weight is 211 g/mol. The summed E-state index contributed by atoms with van der Waals surface area (Å²) in [5, 5.41) is 0. The fraction of sp³-hybridized carbons (Fsp3) is 0.455. The molecule has 1 unspecified atom stereocenters. The van der Waals surface area contributed by atoms with Crippen molar-refractivity contribution < 1.29 is 9.09 Å². The molecular weight excluding hydrogens is 195 g/mol. The Hall–Kier alpha value is -0.720. The Bertz CT molecular complexity index is 272. The van der Waals surface area contributed by atoms with Gasteiger partial charge in [0.2, 0.25) is 0 Å². The van der Waals surface area contributed by atoms with Crippen LogP contribution in [0.3, 0.4) is 0 Å². The van der Waals surface area contributed by atoms with Gasteiger partial charge in [0.05, 0.1) is 6.61 Å². The highest BCUT2D eigenvalue weighted by atomic mass is 31.1. The predicted octanol–water partition coefficient (Wildman–Crippen LogP) is 3.40. The lowest BCUT2D eigenvalue weighted by molar-refractivity contribution is 0.350. The summed E-state index contributed by atoms with van der Waals surface area (Å²) in [7, 11) is -1.43. The summed E-state index contributed by atoms with van der Waals surface area (Å²) in [5.74, 6) is 0. The number of hydrogen-bond donors (Lipinski definition) is 0. The fourth-order valence-electron chi connectivity index (χ4n) is 1.27. The molecule has 0 N–H and O–H groups in total. The van der Waals surface area contributed by atoms with Gasteiger partial charge in [-0.15, -0.1) is 4.52 Å². The molecule has 0 spiro atoms. The highest BCUT2D eigenvalue weighted by Gasteiger charge is 2.14. The maximum atomic E-state index is 11.2. The van der Waals surface area contributed by atoms with E-state index in [1.165, 1.54) is 5.56 Å². The maximum Gasteiger partial charge on any atom is 0.508 e. The van der Waals surface area contributed by atoms with E-state index in [0.717, 1.165) is 12.8 Å². The van der Waals surface area contributed by atoms with E-state index < -0.39 is 8.03 Å². The minimum atomic E-state index is -1.43. The van der Waals surface area contributed by atoms with E-state index in [0.29, 0.717) is 12.8 Å². The van der Waals surface area contributed by atoms with Crippen molar-refractivity contribution in [2.75, 3.05) is 12.8 Å². The van der Waals surface area contributed by atoms with Gasteiger partial charge in [0, 0.05) is 0 Å². The molecule has 0 heterocycles. The lowest BCUT2D eigenvalue weighted by Crippen LogP contribution is -1.89. The van der Waals surface area contributed by atoms with Gasteiger partial charge in [-0.05, 0) is 29.9 Å². The molecule has 3 heteroatoms. The zero-order chi connectivity index (χ0) is 10.2. The highest BCUT2D eigenvalue weighted by molar-refractivity contribution is 7.39. The van der Waals surface area contributed by atoms with E-state index in [2.05, 4.69) is 12.1 Å². The van der Waals surface area contributed by atoms with Gasteiger partial charge < -0.3 is 0 Å². The van der Waals surface area contributed by atoms with Crippen molar-refractivity contribution in [1.82, 2.24) is 0 Å². The molecule has 0 radical (unpaired) electrons. The average Bonchev–Trinajstić information content (AvgIpc) is 2.20. The standard InChI is InChI=1S/C11H16O2P/c1-2-13-14(12)10-6-9-11-7-4-3-5-8-11/h3-5,7-8H,2,6,9-10H2,1H3/q+1. The predicted molar refractivity (Wildman–Crippen MR) is 58.9 cm³/mol. The van der Waals surface area contributed by atoms with Gasteiger partial charge in [0.1, 0.15) is 0 Å². The van der Waals surface area contributed by atoms with Crippen LogP contribution in [0.1, 0.15) is 18.9 Å². The summed E-state index contributed by atoms with van der Waals surface area (Å²) >= 11 is 0. The minimum Gasteiger partial charge on any atom is -0.147 e. The summed E-state index contributed by atoms with van der Waals surface area (Å²) < 4.78 is 16.1. The summed E-state index contributed by atoms with van der Waals surface area (Å²) in [6.07, 6.45) is 2.58. The normalized spacial score (nSPS) is 11.4. The smallest absolute Gasteiger partial charge is 0.147 e. The molecule has 0 aromatic heterocycles. The largest absolute Gasteiger partial charge is 0.508 e. The van der Waals surface area contributed by atoms with Crippen LogP contribution in [-0.2, 0) is 15.5 Å². The van der Waals surface area contributed by atoms with E-state index >= 15 is 0 Å². The van der Waals surface area contributed by atoms with Gasteiger partial charge in [-0.25, -0.2) is 0 Å². The second kappa shape index (κ2) is 6.69. The lowest BCUT2D eigenvalue weighted by Gasteiger charge is -1.95. The van der Waals surface area contributed by atoms with Gasteiger partial charge in [0.15, 0.2) is 6.16 Å². The van der Waals surface area contributed by atoms with E-state index in [9.17, 15) is 4.57 Å². The molecular formula is C11H16O2P+. The van der Waals surface area contributed by atoms with Crippen LogP contribution < -0.4 is 0 Å². The second-order valence-electron chi connectivity index (χ2n) is 3.06. The Morgan fingerprint density at radius 3 is 2.64 bits per heavy atom. The van der Waals surface area contributed by atoms with E-state index in [4.69, 9.17) is 4.52 Å². The Labute approximate surface area is 86.2 Å². The molecule has 1 atom stereocenters. The van der Waals surface area contributed by atoms with Crippen LogP contribution in [-0.4, -0.2) is 12.8 Å². The van der Waals surface area contributed by atoms with Gasteiger partial charge in [-0.1, -0.05) is 30.3 Å². The first-order valence-corrected chi connectivity index (χ1v) is 6.30. The van der Waals surface area contributed by atoms with Gasteiger partial charge in [0.25, 0.3) is 0 Å². The van der Waals surface area contributed by atoms with Crippen LogP contribution in [0.2, 0.25) is 0 Å². The van der Waals surface area contributed by atoms with Gasteiger partial charge >= 0.3 is 8.03 Å². The van der Waals surface area contributed by atoms with Crippen LogP contribution in [0, 0.1) is 0 Å². The van der Waals surface area contributed by atoms with Gasteiger partial charge in [-0.3, -0.25) is 0 Å². The number of benzene rings is 1.